The maximum atomic E-state index is 12.2. The average molecular weight is 277 g/mol. The molecule has 1 N–H and O–H groups in total. The summed E-state index contributed by atoms with van der Waals surface area (Å²) in [5.41, 5.74) is 0.861. The molecule has 0 saturated carbocycles. The van der Waals surface area contributed by atoms with Crippen LogP contribution >= 0.6 is 0 Å². The molecule has 1 fully saturated rings. The van der Waals surface area contributed by atoms with Crippen LogP contribution in [0.5, 0.6) is 0 Å². The molecule has 1 saturated heterocycles. The van der Waals surface area contributed by atoms with Crippen molar-refractivity contribution in [1.82, 2.24) is 10.2 Å². The van der Waals surface area contributed by atoms with E-state index in [1.54, 1.807) is 16.9 Å². The molecule has 1 heterocycles. The number of para-hydroxylation sites is 1. The van der Waals surface area contributed by atoms with Crippen molar-refractivity contribution in [3.8, 4) is 0 Å². The van der Waals surface area contributed by atoms with Crippen LogP contribution in [0, 0.1) is 0 Å². The number of hydrogen-bond donors (Lipinski definition) is 1. The maximum Gasteiger partial charge on any atom is 0.325 e. The van der Waals surface area contributed by atoms with Gasteiger partial charge in [-0.1, -0.05) is 18.2 Å². The molecule has 0 spiro atoms. The molecule has 0 aromatic heterocycles. The molecular weight excluding hydrogens is 258 g/mol. The highest BCUT2D eigenvalue weighted by Crippen LogP contribution is 2.19. The fourth-order valence-electron chi connectivity index (χ4n) is 2.10. The van der Waals surface area contributed by atoms with E-state index in [0.717, 1.165) is 5.69 Å². The van der Waals surface area contributed by atoms with Crippen molar-refractivity contribution in [3.05, 3.63) is 30.3 Å². The van der Waals surface area contributed by atoms with Crippen molar-refractivity contribution >= 4 is 17.6 Å². The van der Waals surface area contributed by atoms with E-state index in [1.807, 2.05) is 30.3 Å². The van der Waals surface area contributed by atoms with Crippen molar-refractivity contribution in [2.24, 2.45) is 0 Å². The topological polar surface area (TPSA) is 61.9 Å². The fraction of sp³-hybridized carbons (Fsp3) is 0.429. The second-order valence-corrected chi connectivity index (χ2v) is 4.53. The smallest absolute Gasteiger partial charge is 0.325 e. The predicted octanol–water partition coefficient (Wildman–Crippen LogP) is 0.691. The van der Waals surface area contributed by atoms with E-state index in [-0.39, 0.29) is 18.5 Å². The van der Waals surface area contributed by atoms with Crippen molar-refractivity contribution in [3.63, 3.8) is 0 Å². The highest BCUT2D eigenvalue weighted by molar-refractivity contribution is 5.96. The van der Waals surface area contributed by atoms with Crippen LogP contribution in [0.25, 0.3) is 0 Å². The van der Waals surface area contributed by atoms with Crippen LogP contribution in [-0.2, 0) is 9.53 Å². The summed E-state index contributed by atoms with van der Waals surface area (Å²) < 4.78 is 4.85. The van der Waals surface area contributed by atoms with Crippen LogP contribution in [-0.4, -0.2) is 56.7 Å². The van der Waals surface area contributed by atoms with Gasteiger partial charge < -0.3 is 15.0 Å². The number of nitrogens with one attached hydrogen (secondary N) is 1. The van der Waals surface area contributed by atoms with Gasteiger partial charge in [-0.3, -0.25) is 9.69 Å². The molecule has 0 unspecified atom stereocenters. The molecule has 108 valence electrons. The van der Waals surface area contributed by atoms with Crippen molar-refractivity contribution in [1.29, 1.82) is 0 Å². The lowest BCUT2D eigenvalue weighted by atomic mass is 10.3. The number of benzene rings is 1. The van der Waals surface area contributed by atoms with Crippen LogP contribution in [0.4, 0.5) is 10.5 Å². The van der Waals surface area contributed by atoms with Gasteiger partial charge in [0.2, 0.25) is 5.91 Å². The Kier molecular flexibility index (Phi) is 4.95. The van der Waals surface area contributed by atoms with E-state index in [0.29, 0.717) is 26.2 Å². The van der Waals surface area contributed by atoms with Crippen LogP contribution in [0.15, 0.2) is 30.3 Å². The first-order valence-electron chi connectivity index (χ1n) is 6.59. The zero-order valence-electron chi connectivity index (χ0n) is 11.5. The Bertz CT molecular complexity index is 464. The monoisotopic (exact) mass is 277 g/mol. The van der Waals surface area contributed by atoms with E-state index in [9.17, 15) is 9.59 Å². The number of carbonyl (C=O) groups is 2. The van der Waals surface area contributed by atoms with Gasteiger partial charge in [-0.2, -0.15) is 0 Å². The number of carbonyl (C=O) groups excluding carboxylic acids is 2. The molecule has 1 aliphatic rings. The minimum Gasteiger partial charge on any atom is -0.383 e. The summed E-state index contributed by atoms with van der Waals surface area (Å²) in [5.74, 6) is -0.162. The highest BCUT2D eigenvalue weighted by atomic mass is 16.5. The van der Waals surface area contributed by atoms with Gasteiger partial charge in [0, 0.05) is 32.4 Å². The largest absolute Gasteiger partial charge is 0.383 e. The second kappa shape index (κ2) is 6.91. The third kappa shape index (κ3) is 3.48. The number of methoxy groups -OCH3 is 1. The summed E-state index contributed by atoms with van der Waals surface area (Å²) in [6, 6.07) is 9.34. The molecule has 0 bridgehead atoms. The van der Waals surface area contributed by atoms with Crippen molar-refractivity contribution < 1.29 is 14.3 Å². The molecule has 6 heteroatoms. The molecule has 2 rings (SSSR count). The Labute approximate surface area is 118 Å². The number of amides is 3. The number of hydrogen-bond acceptors (Lipinski definition) is 3. The lowest BCUT2D eigenvalue weighted by Crippen LogP contribution is -2.40. The van der Waals surface area contributed by atoms with Gasteiger partial charge >= 0.3 is 6.03 Å². The minimum absolute atomic E-state index is 0.0892. The Balaban J connectivity index is 1.87. The van der Waals surface area contributed by atoms with E-state index in [1.165, 1.54) is 0 Å². The zero-order chi connectivity index (χ0) is 14.4. The van der Waals surface area contributed by atoms with Gasteiger partial charge in [-0.05, 0) is 12.1 Å². The summed E-state index contributed by atoms with van der Waals surface area (Å²) in [6.07, 6.45) is 0. The molecule has 6 nitrogen and oxygen atoms in total. The molecular formula is C14H19N3O3. The van der Waals surface area contributed by atoms with E-state index in [4.69, 9.17) is 4.74 Å². The summed E-state index contributed by atoms with van der Waals surface area (Å²) in [4.78, 5) is 27.1. The van der Waals surface area contributed by atoms with Gasteiger partial charge in [0.05, 0.1) is 6.61 Å². The molecule has 20 heavy (non-hydrogen) atoms. The SMILES string of the molecule is COCCNC(=O)CN1CCN(c2ccccc2)C1=O. The van der Waals surface area contributed by atoms with Crippen molar-refractivity contribution in [2.75, 3.05) is 44.8 Å². The number of rotatable bonds is 6. The second-order valence-electron chi connectivity index (χ2n) is 4.53. The standard InChI is InChI=1S/C14H19N3O3/c1-20-10-7-15-13(18)11-16-8-9-17(14(16)19)12-5-3-2-4-6-12/h2-6H,7-11H2,1H3,(H,15,18). The van der Waals surface area contributed by atoms with Crippen molar-refractivity contribution in [2.45, 2.75) is 0 Å². The predicted molar refractivity (Wildman–Crippen MR) is 75.6 cm³/mol. The first-order valence-corrected chi connectivity index (χ1v) is 6.59. The quantitative estimate of drug-likeness (QED) is 0.778. The number of anilines is 1. The molecule has 0 radical (unpaired) electrons. The summed E-state index contributed by atoms with van der Waals surface area (Å²) >= 11 is 0. The van der Waals surface area contributed by atoms with E-state index < -0.39 is 0 Å². The van der Waals surface area contributed by atoms with Crippen LogP contribution < -0.4 is 10.2 Å². The van der Waals surface area contributed by atoms with Gasteiger partial charge in [-0.15, -0.1) is 0 Å². The van der Waals surface area contributed by atoms with Crippen LogP contribution in [0.2, 0.25) is 0 Å². The third-order valence-corrected chi connectivity index (χ3v) is 3.13. The molecule has 1 aromatic carbocycles. The number of nitrogens with zero attached hydrogens (tertiary/aromatic N) is 2. The van der Waals surface area contributed by atoms with Gasteiger partial charge in [0.15, 0.2) is 0 Å². The highest BCUT2D eigenvalue weighted by Gasteiger charge is 2.30. The van der Waals surface area contributed by atoms with Crippen LogP contribution in [0.1, 0.15) is 0 Å². The Morgan fingerprint density at radius 3 is 2.75 bits per heavy atom. The lowest BCUT2D eigenvalue weighted by Gasteiger charge is -2.18. The van der Waals surface area contributed by atoms with Gasteiger partial charge in [0.1, 0.15) is 6.54 Å². The number of urea groups is 1. The molecule has 1 aromatic rings. The summed E-state index contributed by atoms with van der Waals surface area (Å²) in [7, 11) is 1.58. The normalized spacial score (nSPS) is 14.8. The molecule has 0 atom stereocenters. The number of ether oxygens (including phenoxy) is 1. The Morgan fingerprint density at radius 1 is 1.30 bits per heavy atom. The molecule has 0 aliphatic carbocycles. The van der Waals surface area contributed by atoms with E-state index >= 15 is 0 Å². The zero-order valence-corrected chi connectivity index (χ0v) is 11.5. The Morgan fingerprint density at radius 2 is 2.05 bits per heavy atom. The lowest BCUT2D eigenvalue weighted by molar-refractivity contribution is -0.121. The molecule has 1 aliphatic heterocycles. The van der Waals surface area contributed by atoms with Crippen LogP contribution in [0.3, 0.4) is 0 Å². The summed E-state index contributed by atoms with van der Waals surface area (Å²) in [5, 5.41) is 2.71. The van der Waals surface area contributed by atoms with Gasteiger partial charge in [-0.25, -0.2) is 4.79 Å². The minimum atomic E-state index is -0.162. The fourth-order valence-corrected chi connectivity index (χ4v) is 2.10. The average Bonchev–Trinajstić information content (AvgIpc) is 2.81. The Hall–Kier alpha value is -2.08. The molecule has 3 amide bonds. The van der Waals surface area contributed by atoms with E-state index in [2.05, 4.69) is 5.32 Å². The third-order valence-electron chi connectivity index (χ3n) is 3.13. The van der Waals surface area contributed by atoms with Gasteiger partial charge in [0.25, 0.3) is 0 Å². The first kappa shape index (κ1) is 14.3. The first-order chi connectivity index (χ1) is 9.72. The maximum absolute atomic E-state index is 12.2. The summed E-state index contributed by atoms with van der Waals surface area (Å²) in [6.45, 7) is 2.18.